The van der Waals surface area contributed by atoms with Crippen LogP contribution in [0.2, 0.25) is 0 Å². The Hall–Kier alpha value is 0. The van der Waals surface area contributed by atoms with E-state index in [9.17, 15) is 0 Å². The first kappa shape index (κ1) is 47.9. The van der Waals surface area contributed by atoms with Crippen molar-refractivity contribution in [3.05, 3.63) is 0 Å². The number of hydrogen-bond donors (Lipinski definition) is 0. The molecule has 0 N–H and O–H groups in total. The second kappa shape index (κ2) is 36.2. The van der Waals surface area contributed by atoms with Crippen LogP contribution in [0.5, 0.6) is 0 Å². The Kier molecular flexibility index (Phi) is 42.3. The predicted octanol–water partition coefficient (Wildman–Crippen LogP) is 15.8. The molecular weight excluding hydrogens is 492 g/mol. The van der Waals surface area contributed by atoms with E-state index in [0.717, 1.165) is 47.3 Å². The first-order valence-corrected chi connectivity index (χ1v) is 19.7. The van der Waals surface area contributed by atoms with Crippen LogP contribution in [-0.2, 0) is 0 Å². The van der Waals surface area contributed by atoms with E-state index in [0.29, 0.717) is 0 Å². The summed E-state index contributed by atoms with van der Waals surface area (Å²) in [6.07, 6.45) is 24.2. The molecule has 254 valence electrons. The molecule has 0 heteroatoms. The van der Waals surface area contributed by atoms with Gasteiger partial charge in [0.05, 0.1) is 0 Å². The van der Waals surface area contributed by atoms with Gasteiger partial charge < -0.3 is 0 Å². The topological polar surface area (TPSA) is 0 Å². The fourth-order valence-corrected chi connectivity index (χ4v) is 6.78. The molecule has 0 aromatic rings. The molecule has 0 aromatic heterocycles. The lowest BCUT2D eigenvalue weighted by Crippen LogP contribution is -2.23. The van der Waals surface area contributed by atoms with Crippen LogP contribution in [0, 0.1) is 47.3 Å². The standard InChI is InChI=1S/C25H52.C8H16.C4H10.2C2H6/c1-10-14-24(12-3)21(8)16-18-23(11-2)17-15-20(7)22(9)25(13-4)19(5)6;1-2-8-6-4-3-5-7-8;1-3-4-2;2*1-2/h19-25H,10-18H2,1-9H3;8H,2-7H2,1H3;3-4H2,1-2H3;2*1-2H3. The van der Waals surface area contributed by atoms with Crippen LogP contribution in [0.25, 0.3) is 0 Å². The molecule has 6 unspecified atom stereocenters. The van der Waals surface area contributed by atoms with Crippen LogP contribution < -0.4 is 0 Å². The Balaban J connectivity index is -0.000000347. The summed E-state index contributed by atoms with van der Waals surface area (Å²) in [5.74, 6) is 7.39. The van der Waals surface area contributed by atoms with Gasteiger partial charge in [0.15, 0.2) is 0 Å². The Bertz CT molecular complexity index is 429. The molecule has 0 saturated heterocycles. The van der Waals surface area contributed by atoms with Gasteiger partial charge in [-0.25, -0.2) is 0 Å². The molecule has 0 amide bonds. The Morgan fingerprint density at radius 2 is 1.00 bits per heavy atom. The lowest BCUT2D eigenvalue weighted by molar-refractivity contribution is 0.180. The molecule has 1 fully saturated rings. The van der Waals surface area contributed by atoms with E-state index < -0.39 is 0 Å². The molecule has 1 rings (SSSR count). The van der Waals surface area contributed by atoms with Crippen molar-refractivity contribution in [2.45, 2.75) is 220 Å². The third kappa shape index (κ3) is 27.3. The van der Waals surface area contributed by atoms with Crippen molar-refractivity contribution in [3.8, 4) is 0 Å². The van der Waals surface area contributed by atoms with Crippen molar-refractivity contribution < 1.29 is 0 Å². The van der Waals surface area contributed by atoms with Crippen molar-refractivity contribution in [1.29, 1.82) is 0 Å². The summed E-state index contributed by atoms with van der Waals surface area (Å²) in [5.41, 5.74) is 0. The molecule has 0 aliphatic heterocycles. The average Bonchev–Trinajstić information content (AvgIpc) is 3.02. The minimum absolute atomic E-state index is 0.829. The van der Waals surface area contributed by atoms with E-state index >= 15 is 0 Å². The van der Waals surface area contributed by atoms with Crippen molar-refractivity contribution in [3.63, 3.8) is 0 Å². The van der Waals surface area contributed by atoms with E-state index in [1.165, 1.54) is 109 Å². The Morgan fingerprint density at radius 3 is 1.32 bits per heavy atom. The second-order valence-corrected chi connectivity index (χ2v) is 13.4. The van der Waals surface area contributed by atoms with Crippen LogP contribution in [0.4, 0.5) is 0 Å². The van der Waals surface area contributed by atoms with Crippen LogP contribution in [-0.4, -0.2) is 0 Å². The molecule has 0 radical (unpaired) electrons. The summed E-state index contributed by atoms with van der Waals surface area (Å²) < 4.78 is 0. The van der Waals surface area contributed by atoms with Gasteiger partial charge in [0.25, 0.3) is 0 Å². The summed E-state index contributed by atoms with van der Waals surface area (Å²) in [5, 5.41) is 0. The highest BCUT2D eigenvalue weighted by atomic mass is 14.3. The van der Waals surface area contributed by atoms with Crippen LogP contribution >= 0.6 is 0 Å². The SMILES string of the molecule is CC.CC.CCC1CCCCC1.CCCC.CCCC(CC)C(C)CCC(CC)CCC(C)C(C)C(CC)C(C)C. The van der Waals surface area contributed by atoms with E-state index in [1.807, 2.05) is 27.7 Å². The van der Waals surface area contributed by atoms with Gasteiger partial charge in [-0.2, -0.15) is 0 Å². The maximum Gasteiger partial charge on any atom is -0.0365 e. The van der Waals surface area contributed by atoms with Crippen molar-refractivity contribution in [2.24, 2.45) is 47.3 Å². The largest absolute Gasteiger partial charge is 0.0683 e. The van der Waals surface area contributed by atoms with E-state index in [4.69, 9.17) is 0 Å². The molecule has 41 heavy (non-hydrogen) atoms. The Morgan fingerprint density at radius 1 is 0.512 bits per heavy atom. The normalized spacial score (nSPS) is 17.5. The maximum atomic E-state index is 2.51. The van der Waals surface area contributed by atoms with Crippen molar-refractivity contribution in [1.82, 2.24) is 0 Å². The van der Waals surface area contributed by atoms with Crippen LogP contribution in [0.15, 0.2) is 0 Å². The van der Waals surface area contributed by atoms with Gasteiger partial charge in [-0.1, -0.05) is 220 Å². The van der Waals surface area contributed by atoms with Crippen molar-refractivity contribution in [2.75, 3.05) is 0 Å². The van der Waals surface area contributed by atoms with E-state index in [-0.39, 0.29) is 0 Å². The maximum absolute atomic E-state index is 2.51. The quantitative estimate of drug-likeness (QED) is 0.160. The number of hydrogen-bond acceptors (Lipinski definition) is 0. The van der Waals surface area contributed by atoms with Gasteiger partial charge in [-0.3, -0.25) is 0 Å². The molecule has 0 spiro atoms. The minimum atomic E-state index is 0.829. The number of unbranched alkanes of at least 4 members (excludes halogenated alkanes) is 1. The first-order chi connectivity index (χ1) is 19.7. The molecule has 0 bridgehead atoms. The monoisotopic (exact) mass is 583 g/mol. The molecule has 1 saturated carbocycles. The molecule has 0 heterocycles. The summed E-state index contributed by atoms with van der Waals surface area (Å²) in [4.78, 5) is 0. The highest BCUT2D eigenvalue weighted by Crippen LogP contribution is 2.34. The second-order valence-electron chi connectivity index (χ2n) is 13.4. The summed E-state index contributed by atoms with van der Waals surface area (Å²) >= 11 is 0. The lowest BCUT2D eigenvalue weighted by atomic mass is 9.74. The summed E-state index contributed by atoms with van der Waals surface area (Å²) in [6, 6.07) is 0. The van der Waals surface area contributed by atoms with E-state index in [2.05, 4.69) is 83.1 Å². The fourth-order valence-electron chi connectivity index (χ4n) is 6.78. The fraction of sp³-hybridized carbons (Fsp3) is 1.00. The first-order valence-electron chi connectivity index (χ1n) is 19.7. The predicted molar refractivity (Wildman–Crippen MR) is 197 cm³/mol. The summed E-state index contributed by atoms with van der Waals surface area (Å²) in [6.45, 7) is 36.6. The third-order valence-corrected chi connectivity index (χ3v) is 10.3. The number of rotatable bonds is 17. The zero-order chi connectivity index (χ0) is 32.6. The molecule has 1 aliphatic rings. The van der Waals surface area contributed by atoms with Crippen LogP contribution in [0.3, 0.4) is 0 Å². The molecule has 6 atom stereocenters. The van der Waals surface area contributed by atoms with Gasteiger partial charge in [0, 0.05) is 0 Å². The van der Waals surface area contributed by atoms with E-state index in [1.54, 1.807) is 0 Å². The van der Waals surface area contributed by atoms with Gasteiger partial charge in [0.1, 0.15) is 0 Å². The highest BCUT2D eigenvalue weighted by Gasteiger charge is 2.24. The van der Waals surface area contributed by atoms with Crippen LogP contribution in [0.1, 0.15) is 220 Å². The molecular formula is C41H90. The molecule has 0 aromatic carbocycles. The van der Waals surface area contributed by atoms with Crippen molar-refractivity contribution >= 4 is 0 Å². The minimum Gasteiger partial charge on any atom is -0.0683 e. The lowest BCUT2D eigenvalue weighted by Gasteiger charge is -2.32. The smallest absolute Gasteiger partial charge is 0.0365 e. The third-order valence-electron chi connectivity index (χ3n) is 10.3. The molecule has 1 aliphatic carbocycles. The van der Waals surface area contributed by atoms with Gasteiger partial charge in [0.2, 0.25) is 0 Å². The zero-order valence-corrected chi connectivity index (χ0v) is 32.6. The van der Waals surface area contributed by atoms with Gasteiger partial charge in [-0.15, -0.1) is 0 Å². The van der Waals surface area contributed by atoms with Gasteiger partial charge >= 0.3 is 0 Å². The van der Waals surface area contributed by atoms with Gasteiger partial charge in [-0.05, 0) is 47.3 Å². The highest BCUT2D eigenvalue weighted by molar-refractivity contribution is 4.75. The zero-order valence-electron chi connectivity index (χ0n) is 32.6. The average molecular weight is 583 g/mol. The molecule has 0 nitrogen and oxygen atoms in total. The Labute approximate surface area is 266 Å². The summed E-state index contributed by atoms with van der Waals surface area (Å²) in [7, 11) is 0.